The summed E-state index contributed by atoms with van der Waals surface area (Å²) in [6.45, 7) is 8.14. The first kappa shape index (κ1) is 20.4. The van der Waals surface area contributed by atoms with Crippen LogP contribution in [0.4, 0.5) is 5.82 Å². The van der Waals surface area contributed by atoms with Gasteiger partial charge in [-0.25, -0.2) is 4.98 Å². The molecule has 3 heterocycles. The van der Waals surface area contributed by atoms with Gasteiger partial charge < -0.3 is 19.6 Å². The van der Waals surface area contributed by atoms with Crippen LogP contribution >= 0.6 is 0 Å². The number of hydrogen-bond acceptors (Lipinski definition) is 5. The van der Waals surface area contributed by atoms with Crippen molar-refractivity contribution in [2.45, 2.75) is 32.0 Å². The molecule has 31 heavy (non-hydrogen) atoms. The summed E-state index contributed by atoms with van der Waals surface area (Å²) in [5.74, 6) is 1.09. The van der Waals surface area contributed by atoms with Crippen molar-refractivity contribution in [3.05, 3.63) is 60.2 Å². The number of ether oxygens (including phenoxy) is 1. The molecule has 0 aliphatic carbocycles. The van der Waals surface area contributed by atoms with Crippen molar-refractivity contribution in [2.75, 3.05) is 44.2 Å². The normalized spacial score (nSPS) is 22.7. The third kappa shape index (κ3) is 4.31. The van der Waals surface area contributed by atoms with E-state index < -0.39 is 0 Å². The zero-order valence-electron chi connectivity index (χ0n) is 18.2. The molecule has 0 radical (unpaired) electrons. The molecule has 2 aromatic carbocycles. The highest BCUT2D eigenvalue weighted by Gasteiger charge is 2.23. The van der Waals surface area contributed by atoms with E-state index in [-0.39, 0.29) is 12.2 Å². The van der Waals surface area contributed by atoms with Gasteiger partial charge in [-0.1, -0.05) is 55.5 Å². The van der Waals surface area contributed by atoms with Crippen LogP contribution in [0.2, 0.25) is 0 Å². The van der Waals surface area contributed by atoms with E-state index in [2.05, 4.69) is 71.3 Å². The lowest BCUT2D eigenvalue weighted by atomic mass is 9.97. The molecule has 5 nitrogen and oxygen atoms in total. The van der Waals surface area contributed by atoms with Gasteiger partial charge in [0.15, 0.2) is 0 Å². The Morgan fingerprint density at radius 2 is 1.81 bits per heavy atom. The van der Waals surface area contributed by atoms with Gasteiger partial charge in [0, 0.05) is 50.2 Å². The fourth-order valence-electron chi connectivity index (χ4n) is 4.73. The maximum absolute atomic E-state index is 9.96. The number of likely N-dealkylation sites (N-methyl/N-ethyl adjacent to an activating group) is 1. The predicted octanol–water partition coefficient (Wildman–Crippen LogP) is 4.26. The standard InChI is InChI=1S/C26H31N3O2/c1-2-28-12-14-29(15-13-28)26-23-6-4-3-5-21(23)17-24(27-26)19-7-9-20(10-8-19)25-18-22(30)11-16-31-25/h3-10,17,22,25,30H,2,11-16,18H2,1H3. The molecular formula is C26H31N3O2. The van der Waals surface area contributed by atoms with Crippen molar-refractivity contribution in [1.29, 1.82) is 0 Å². The Morgan fingerprint density at radius 3 is 2.55 bits per heavy atom. The van der Waals surface area contributed by atoms with Crippen LogP contribution in [-0.4, -0.2) is 60.4 Å². The average Bonchev–Trinajstić information content (AvgIpc) is 2.83. The molecule has 1 aromatic heterocycles. The molecule has 2 aliphatic rings. The number of aromatic nitrogens is 1. The van der Waals surface area contributed by atoms with E-state index in [1.807, 2.05) is 0 Å². The highest BCUT2D eigenvalue weighted by atomic mass is 16.5. The molecule has 2 aliphatic heterocycles. The van der Waals surface area contributed by atoms with E-state index in [1.165, 1.54) is 10.8 Å². The SMILES string of the molecule is CCN1CCN(c2nc(-c3ccc(C4CC(O)CCO4)cc3)cc3ccccc23)CC1. The van der Waals surface area contributed by atoms with Crippen molar-refractivity contribution in [3.63, 3.8) is 0 Å². The van der Waals surface area contributed by atoms with E-state index >= 15 is 0 Å². The summed E-state index contributed by atoms with van der Waals surface area (Å²) >= 11 is 0. The monoisotopic (exact) mass is 417 g/mol. The summed E-state index contributed by atoms with van der Waals surface area (Å²) in [5.41, 5.74) is 3.24. The van der Waals surface area contributed by atoms with E-state index in [4.69, 9.17) is 9.72 Å². The quantitative estimate of drug-likeness (QED) is 0.688. The van der Waals surface area contributed by atoms with Gasteiger partial charge in [0.1, 0.15) is 5.82 Å². The largest absolute Gasteiger partial charge is 0.393 e. The zero-order chi connectivity index (χ0) is 21.2. The molecule has 5 rings (SSSR count). The summed E-state index contributed by atoms with van der Waals surface area (Å²) in [6.07, 6.45) is 1.11. The molecule has 2 fully saturated rings. The second-order valence-corrected chi connectivity index (χ2v) is 8.63. The van der Waals surface area contributed by atoms with E-state index in [1.54, 1.807) is 0 Å². The number of fused-ring (bicyclic) bond motifs is 1. The first-order valence-corrected chi connectivity index (χ1v) is 11.5. The van der Waals surface area contributed by atoms with Gasteiger partial charge in [-0.2, -0.15) is 0 Å². The molecule has 0 saturated carbocycles. The van der Waals surface area contributed by atoms with E-state index in [0.29, 0.717) is 13.0 Å². The number of piperazine rings is 1. The van der Waals surface area contributed by atoms with Gasteiger partial charge in [-0.05, 0) is 30.0 Å². The number of hydrogen-bond donors (Lipinski definition) is 1. The lowest BCUT2D eigenvalue weighted by Crippen LogP contribution is -2.46. The smallest absolute Gasteiger partial charge is 0.137 e. The Kier molecular flexibility index (Phi) is 5.90. The maximum Gasteiger partial charge on any atom is 0.137 e. The average molecular weight is 418 g/mol. The van der Waals surface area contributed by atoms with Crippen LogP contribution in [0, 0.1) is 0 Å². The molecule has 2 atom stereocenters. The van der Waals surface area contributed by atoms with Crippen molar-refractivity contribution in [2.24, 2.45) is 0 Å². The highest BCUT2D eigenvalue weighted by Crippen LogP contribution is 2.33. The molecule has 2 saturated heterocycles. The summed E-state index contributed by atoms with van der Waals surface area (Å²) in [6, 6.07) is 19.3. The molecular weight excluding hydrogens is 386 g/mol. The van der Waals surface area contributed by atoms with E-state index in [9.17, 15) is 5.11 Å². The Labute approximate surface area is 184 Å². The van der Waals surface area contributed by atoms with Gasteiger partial charge in [0.2, 0.25) is 0 Å². The summed E-state index contributed by atoms with van der Waals surface area (Å²) in [7, 11) is 0. The van der Waals surface area contributed by atoms with Crippen LogP contribution < -0.4 is 4.90 Å². The van der Waals surface area contributed by atoms with Crippen molar-refractivity contribution in [3.8, 4) is 11.3 Å². The number of benzene rings is 2. The Balaban J connectivity index is 1.46. The van der Waals surface area contributed by atoms with Gasteiger partial charge in [-0.3, -0.25) is 0 Å². The summed E-state index contributed by atoms with van der Waals surface area (Å²) in [4.78, 5) is 10.1. The fraction of sp³-hybridized carbons (Fsp3) is 0.423. The topological polar surface area (TPSA) is 48.8 Å². The number of aliphatic hydroxyl groups excluding tert-OH is 1. The van der Waals surface area contributed by atoms with Gasteiger partial charge in [0.25, 0.3) is 0 Å². The number of anilines is 1. The van der Waals surface area contributed by atoms with Crippen LogP contribution in [0.1, 0.15) is 31.4 Å². The van der Waals surface area contributed by atoms with E-state index in [0.717, 1.165) is 61.8 Å². The Bertz CT molecular complexity index is 1030. The minimum absolute atomic E-state index is 0.0206. The second kappa shape index (κ2) is 8.95. The number of pyridine rings is 1. The van der Waals surface area contributed by atoms with Crippen molar-refractivity contribution < 1.29 is 9.84 Å². The fourth-order valence-corrected chi connectivity index (χ4v) is 4.73. The first-order valence-electron chi connectivity index (χ1n) is 11.5. The molecule has 3 aromatic rings. The van der Waals surface area contributed by atoms with Gasteiger partial charge in [0.05, 0.1) is 17.9 Å². The molecule has 162 valence electrons. The molecule has 2 unspecified atom stereocenters. The maximum atomic E-state index is 9.96. The van der Waals surface area contributed by atoms with Crippen LogP contribution in [0.15, 0.2) is 54.6 Å². The van der Waals surface area contributed by atoms with Crippen molar-refractivity contribution >= 4 is 16.6 Å². The van der Waals surface area contributed by atoms with Crippen LogP contribution in [0.25, 0.3) is 22.0 Å². The van der Waals surface area contributed by atoms with Crippen LogP contribution in [-0.2, 0) is 4.74 Å². The Hall–Kier alpha value is -2.47. The number of aliphatic hydroxyl groups is 1. The molecule has 0 amide bonds. The first-order chi connectivity index (χ1) is 15.2. The molecule has 0 spiro atoms. The van der Waals surface area contributed by atoms with Crippen molar-refractivity contribution in [1.82, 2.24) is 9.88 Å². The zero-order valence-corrected chi connectivity index (χ0v) is 18.2. The molecule has 5 heteroatoms. The van der Waals surface area contributed by atoms with Gasteiger partial charge >= 0.3 is 0 Å². The van der Waals surface area contributed by atoms with Gasteiger partial charge in [-0.15, -0.1) is 0 Å². The molecule has 0 bridgehead atoms. The minimum Gasteiger partial charge on any atom is -0.393 e. The van der Waals surface area contributed by atoms with Crippen LogP contribution in [0.5, 0.6) is 0 Å². The second-order valence-electron chi connectivity index (χ2n) is 8.63. The number of nitrogens with zero attached hydrogens (tertiary/aromatic N) is 3. The lowest BCUT2D eigenvalue weighted by molar-refractivity contribution is -0.0447. The molecule has 1 N–H and O–H groups in total. The summed E-state index contributed by atoms with van der Waals surface area (Å²) in [5, 5.41) is 12.4. The van der Waals surface area contributed by atoms with Crippen LogP contribution in [0.3, 0.4) is 0 Å². The minimum atomic E-state index is -0.267. The summed E-state index contributed by atoms with van der Waals surface area (Å²) < 4.78 is 5.87. The highest BCUT2D eigenvalue weighted by molar-refractivity contribution is 5.95. The third-order valence-electron chi connectivity index (χ3n) is 6.67. The predicted molar refractivity (Wildman–Crippen MR) is 125 cm³/mol. The lowest BCUT2D eigenvalue weighted by Gasteiger charge is -2.35. The number of rotatable bonds is 4. The third-order valence-corrected chi connectivity index (χ3v) is 6.67. The Morgan fingerprint density at radius 1 is 1.03 bits per heavy atom.